The lowest BCUT2D eigenvalue weighted by atomic mass is 9.99. The number of hydrogen-bond acceptors (Lipinski definition) is 3. The third-order valence-electron chi connectivity index (χ3n) is 5.40. The summed E-state index contributed by atoms with van der Waals surface area (Å²) in [5.41, 5.74) is 3.24. The zero-order valence-corrected chi connectivity index (χ0v) is 16.3. The van der Waals surface area contributed by atoms with Crippen molar-refractivity contribution in [1.82, 2.24) is 15.2 Å². The predicted molar refractivity (Wildman–Crippen MR) is 108 cm³/mol. The highest BCUT2D eigenvalue weighted by molar-refractivity contribution is 5.95. The number of nitrogens with one attached hydrogen (secondary N) is 2. The molecule has 2 heterocycles. The highest BCUT2D eigenvalue weighted by atomic mass is 16.2. The molecule has 1 aliphatic rings. The molecule has 0 aliphatic carbocycles. The summed E-state index contributed by atoms with van der Waals surface area (Å²) in [5, 5.41) is 6.30. The summed E-state index contributed by atoms with van der Waals surface area (Å²) in [6, 6.07) is 10.0. The quantitative estimate of drug-likeness (QED) is 0.824. The van der Waals surface area contributed by atoms with Gasteiger partial charge in [-0.1, -0.05) is 24.3 Å². The third kappa shape index (κ3) is 4.86. The van der Waals surface area contributed by atoms with Crippen molar-refractivity contribution >= 4 is 5.91 Å². The van der Waals surface area contributed by atoms with Gasteiger partial charge in [0, 0.05) is 19.3 Å². The van der Waals surface area contributed by atoms with Crippen LogP contribution in [0.5, 0.6) is 0 Å². The summed E-state index contributed by atoms with van der Waals surface area (Å²) in [5.74, 6) is 0.165. The molecule has 1 atom stereocenters. The number of aromatic nitrogens is 1. The number of hydrogen-bond donors (Lipinski definition) is 2. The highest BCUT2D eigenvalue weighted by Gasteiger charge is 2.18. The van der Waals surface area contributed by atoms with E-state index in [1.54, 1.807) is 4.57 Å². The summed E-state index contributed by atoms with van der Waals surface area (Å²) >= 11 is 0. The molecule has 1 unspecified atom stereocenters. The molecule has 5 heteroatoms. The largest absolute Gasteiger partial charge is 0.352 e. The van der Waals surface area contributed by atoms with Crippen molar-refractivity contribution in [1.29, 1.82) is 0 Å². The SMILES string of the molecule is Cc1ccccc1CCNC(=O)c1c(C)ccn(CC2CCCNC2)c1=O. The molecule has 1 aromatic heterocycles. The van der Waals surface area contributed by atoms with Gasteiger partial charge in [0.2, 0.25) is 0 Å². The molecule has 0 bridgehead atoms. The van der Waals surface area contributed by atoms with Crippen LogP contribution in [0.25, 0.3) is 0 Å². The highest BCUT2D eigenvalue weighted by Crippen LogP contribution is 2.12. The van der Waals surface area contributed by atoms with E-state index >= 15 is 0 Å². The molecule has 144 valence electrons. The van der Waals surface area contributed by atoms with Gasteiger partial charge in [-0.25, -0.2) is 0 Å². The second-order valence-corrected chi connectivity index (χ2v) is 7.48. The minimum Gasteiger partial charge on any atom is -0.352 e. The first-order valence-corrected chi connectivity index (χ1v) is 9.79. The fraction of sp³-hybridized carbons (Fsp3) is 0.455. The van der Waals surface area contributed by atoms with Gasteiger partial charge in [0.25, 0.3) is 11.5 Å². The number of pyridine rings is 1. The summed E-state index contributed by atoms with van der Waals surface area (Å²) < 4.78 is 1.70. The average Bonchev–Trinajstić information content (AvgIpc) is 2.66. The predicted octanol–water partition coefficient (Wildman–Crippen LogP) is 2.44. The summed E-state index contributed by atoms with van der Waals surface area (Å²) in [7, 11) is 0. The monoisotopic (exact) mass is 367 g/mol. The van der Waals surface area contributed by atoms with E-state index in [0.717, 1.165) is 37.9 Å². The van der Waals surface area contributed by atoms with Gasteiger partial charge in [0.05, 0.1) is 0 Å². The minimum atomic E-state index is -0.276. The number of aryl methyl sites for hydroxylation is 2. The van der Waals surface area contributed by atoms with E-state index in [1.165, 1.54) is 11.1 Å². The second kappa shape index (κ2) is 9.00. The molecular weight excluding hydrogens is 338 g/mol. The number of rotatable bonds is 6. The molecular formula is C22H29N3O2. The maximum atomic E-state index is 12.9. The minimum absolute atomic E-state index is 0.186. The lowest BCUT2D eigenvalue weighted by molar-refractivity contribution is 0.0951. The average molecular weight is 367 g/mol. The number of carbonyl (C=O) groups is 1. The second-order valence-electron chi connectivity index (χ2n) is 7.48. The lowest BCUT2D eigenvalue weighted by Crippen LogP contribution is -2.38. The Hall–Kier alpha value is -2.40. The molecule has 5 nitrogen and oxygen atoms in total. The van der Waals surface area contributed by atoms with Crippen LogP contribution in [0, 0.1) is 19.8 Å². The normalized spacial score (nSPS) is 16.9. The Morgan fingerprint density at radius 1 is 1.22 bits per heavy atom. The van der Waals surface area contributed by atoms with Gasteiger partial charge in [0.15, 0.2) is 0 Å². The van der Waals surface area contributed by atoms with Gasteiger partial charge < -0.3 is 15.2 Å². The molecule has 2 N–H and O–H groups in total. The first-order valence-electron chi connectivity index (χ1n) is 9.79. The van der Waals surface area contributed by atoms with E-state index in [1.807, 2.05) is 31.3 Å². The Balaban J connectivity index is 1.67. The first-order chi connectivity index (χ1) is 13.1. The smallest absolute Gasteiger partial charge is 0.263 e. The van der Waals surface area contributed by atoms with Crippen molar-refractivity contribution in [2.24, 2.45) is 5.92 Å². The summed E-state index contributed by atoms with van der Waals surface area (Å²) in [6.45, 7) is 7.05. The maximum absolute atomic E-state index is 12.9. The van der Waals surface area contributed by atoms with E-state index in [-0.39, 0.29) is 17.0 Å². The molecule has 0 radical (unpaired) electrons. The standard InChI is InChI=1S/C22H29N3O2/c1-16-6-3-4-8-19(16)9-12-24-21(26)20-17(2)10-13-25(22(20)27)15-18-7-5-11-23-14-18/h3-4,6,8,10,13,18,23H,5,7,9,11-12,14-15H2,1-2H3,(H,24,26). The molecule has 1 saturated heterocycles. The Morgan fingerprint density at radius 2 is 2.04 bits per heavy atom. The summed E-state index contributed by atoms with van der Waals surface area (Å²) in [6.07, 6.45) is 4.82. The maximum Gasteiger partial charge on any atom is 0.263 e. The van der Waals surface area contributed by atoms with Crippen LogP contribution in [0.3, 0.4) is 0 Å². The van der Waals surface area contributed by atoms with Gasteiger partial charge in [-0.2, -0.15) is 0 Å². The fourth-order valence-corrected chi connectivity index (χ4v) is 3.73. The van der Waals surface area contributed by atoms with Crippen LogP contribution in [0.15, 0.2) is 41.3 Å². The summed E-state index contributed by atoms with van der Waals surface area (Å²) in [4.78, 5) is 25.5. The van der Waals surface area contributed by atoms with Crippen molar-refractivity contribution in [3.63, 3.8) is 0 Å². The lowest BCUT2D eigenvalue weighted by Gasteiger charge is -2.23. The molecule has 1 aromatic carbocycles. The van der Waals surface area contributed by atoms with Crippen molar-refractivity contribution in [3.8, 4) is 0 Å². The van der Waals surface area contributed by atoms with Gasteiger partial charge >= 0.3 is 0 Å². The molecule has 1 aliphatic heterocycles. The molecule has 1 fully saturated rings. The van der Waals surface area contributed by atoms with Crippen molar-refractivity contribution in [2.75, 3.05) is 19.6 Å². The molecule has 0 spiro atoms. The van der Waals surface area contributed by atoms with Gasteiger partial charge in [-0.05, 0) is 74.9 Å². The first kappa shape index (κ1) is 19.4. The molecule has 3 rings (SSSR count). The van der Waals surface area contributed by atoms with E-state index < -0.39 is 0 Å². The van der Waals surface area contributed by atoms with Crippen LogP contribution in [0.1, 0.15) is 39.9 Å². The van der Waals surface area contributed by atoms with Gasteiger partial charge in [-0.3, -0.25) is 9.59 Å². The fourth-order valence-electron chi connectivity index (χ4n) is 3.73. The Morgan fingerprint density at radius 3 is 2.78 bits per heavy atom. The van der Waals surface area contributed by atoms with Gasteiger partial charge in [0.1, 0.15) is 5.56 Å². The van der Waals surface area contributed by atoms with Crippen LogP contribution >= 0.6 is 0 Å². The van der Waals surface area contributed by atoms with Crippen molar-refractivity contribution < 1.29 is 4.79 Å². The number of benzene rings is 1. The zero-order chi connectivity index (χ0) is 19.2. The number of piperidine rings is 1. The van der Waals surface area contributed by atoms with Crippen molar-refractivity contribution in [2.45, 2.75) is 39.7 Å². The zero-order valence-electron chi connectivity index (χ0n) is 16.3. The molecule has 2 aromatic rings. The topological polar surface area (TPSA) is 63.1 Å². The molecule has 1 amide bonds. The van der Waals surface area contributed by atoms with Crippen molar-refractivity contribution in [3.05, 3.63) is 69.1 Å². The Bertz CT molecular complexity index is 851. The molecule has 27 heavy (non-hydrogen) atoms. The van der Waals surface area contributed by atoms with Crippen LogP contribution < -0.4 is 16.2 Å². The van der Waals surface area contributed by atoms with E-state index in [4.69, 9.17) is 0 Å². The van der Waals surface area contributed by atoms with Crippen LogP contribution in [0.2, 0.25) is 0 Å². The van der Waals surface area contributed by atoms with Gasteiger partial charge in [-0.15, -0.1) is 0 Å². The number of carbonyl (C=O) groups excluding carboxylic acids is 1. The van der Waals surface area contributed by atoms with Crippen LogP contribution in [0.4, 0.5) is 0 Å². The Kier molecular flexibility index (Phi) is 6.45. The number of nitrogens with zero attached hydrogens (tertiary/aromatic N) is 1. The third-order valence-corrected chi connectivity index (χ3v) is 5.40. The molecule has 0 saturated carbocycles. The van der Waals surface area contributed by atoms with E-state index in [2.05, 4.69) is 29.7 Å². The van der Waals surface area contributed by atoms with E-state index in [0.29, 0.717) is 19.0 Å². The number of amides is 1. The van der Waals surface area contributed by atoms with E-state index in [9.17, 15) is 9.59 Å². The van der Waals surface area contributed by atoms with Crippen LogP contribution in [-0.2, 0) is 13.0 Å². The Labute approximate surface area is 160 Å². The van der Waals surface area contributed by atoms with Crippen LogP contribution in [-0.4, -0.2) is 30.1 Å².